The zero-order valence-corrected chi connectivity index (χ0v) is 11.5. The summed E-state index contributed by atoms with van der Waals surface area (Å²) >= 11 is 0. The Labute approximate surface area is 113 Å². The molecule has 0 saturated heterocycles. The van der Waals surface area contributed by atoms with E-state index in [2.05, 4.69) is 6.92 Å². The largest absolute Gasteiger partial charge is 0.419 e. The van der Waals surface area contributed by atoms with E-state index in [1.54, 1.807) is 4.57 Å². The molecule has 0 aliphatic rings. The Morgan fingerprint density at radius 1 is 1.11 bits per heavy atom. The third-order valence-electron chi connectivity index (χ3n) is 3.23. The Morgan fingerprint density at radius 2 is 1.89 bits per heavy atom. The van der Waals surface area contributed by atoms with Gasteiger partial charge in [0.15, 0.2) is 0 Å². The van der Waals surface area contributed by atoms with Gasteiger partial charge in [-0.2, -0.15) is 0 Å². The van der Waals surface area contributed by atoms with Crippen molar-refractivity contribution in [3.05, 3.63) is 58.4 Å². The molecular formula is C16H21NO2. The number of hydrogen-bond donors (Lipinski definition) is 0. The molecule has 0 radical (unpaired) electrons. The zero-order valence-electron chi connectivity index (χ0n) is 11.5. The van der Waals surface area contributed by atoms with Crippen LogP contribution in [-0.2, 0) is 13.0 Å². The lowest BCUT2D eigenvalue weighted by atomic mass is 10.1. The summed E-state index contributed by atoms with van der Waals surface area (Å²) in [6.07, 6.45) is 7.46. The number of benzene rings is 1. The second kappa shape index (κ2) is 6.98. The van der Waals surface area contributed by atoms with Crippen molar-refractivity contribution in [2.75, 3.05) is 0 Å². The van der Waals surface area contributed by atoms with Crippen LogP contribution in [0.1, 0.15) is 43.9 Å². The maximum atomic E-state index is 11.7. The molecule has 1 aromatic heterocycles. The molecule has 0 saturated carbocycles. The van der Waals surface area contributed by atoms with Gasteiger partial charge in [0.25, 0.3) is 0 Å². The quantitative estimate of drug-likeness (QED) is 0.712. The summed E-state index contributed by atoms with van der Waals surface area (Å²) in [7, 11) is 0. The van der Waals surface area contributed by atoms with Crippen molar-refractivity contribution in [2.45, 2.75) is 45.6 Å². The van der Waals surface area contributed by atoms with Crippen LogP contribution in [0.25, 0.3) is 0 Å². The minimum atomic E-state index is -0.255. The van der Waals surface area contributed by atoms with Crippen LogP contribution in [-0.4, -0.2) is 4.57 Å². The zero-order chi connectivity index (χ0) is 13.5. The van der Waals surface area contributed by atoms with Crippen LogP contribution in [0.3, 0.4) is 0 Å². The summed E-state index contributed by atoms with van der Waals surface area (Å²) in [5.74, 6) is 0.548. The van der Waals surface area contributed by atoms with Gasteiger partial charge >= 0.3 is 5.76 Å². The van der Waals surface area contributed by atoms with Crippen molar-refractivity contribution in [3.63, 3.8) is 0 Å². The van der Waals surface area contributed by atoms with Crippen molar-refractivity contribution in [3.8, 4) is 0 Å². The summed E-state index contributed by atoms with van der Waals surface area (Å²) in [5, 5.41) is 0. The number of aryl methyl sites for hydroxylation is 1. The van der Waals surface area contributed by atoms with Gasteiger partial charge in [-0.1, -0.05) is 56.5 Å². The van der Waals surface area contributed by atoms with E-state index in [0.717, 1.165) is 24.2 Å². The van der Waals surface area contributed by atoms with Crippen LogP contribution in [0.4, 0.5) is 0 Å². The second-order valence-electron chi connectivity index (χ2n) is 4.89. The maximum Gasteiger partial charge on any atom is 0.419 e. The van der Waals surface area contributed by atoms with Crippen LogP contribution in [0.15, 0.2) is 45.7 Å². The summed E-state index contributed by atoms with van der Waals surface area (Å²) in [4.78, 5) is 11.7. The topological polar surface area (TPSA) is 35.1 Å². The van der Waals surface area contributed by atoms with E-state index >= 15 is 0 Å². The molecule has 1 aromatic carbocycles. The van der Waals surface area contributed by atoms with Crippen LogP contribution >= 0.6 is 0 Å². The van der Waals surface area contributed by atoms with E-state index in [0.29, 0.717) is 6.54 Å². The first kappa shape index (κ1) is 13.7. The Morgan fingerprint density at radius 3 is 2.63 bits per heavy atom. The fourth-order valence-corrected chi connectivity index (χ4v) is 2.16. The smallest absolute Gasteiger partial charge is 0.413 e. The second-order valence-corrected chi connectivity index (χ2v) is 4.89. The number of aromatic nitrogens is 1. The van der Waals surface area contributed by atoms with Crippen LogP contribution in [0.2, 0.25) is 0 Å². The Kier molecular flexibility index (Phi) is 5.01. The summed E-state index contributed by atoms with van der Waals surface area (Å²) in [6.45, 7) is 2.77. The van der Waals surface area contributed by atoms with E-state index in [-0.39, 0.29) is 5.76 Å². The average Bonchev–Trinajstić information content (AvgIpc) is 2.77. The molecule has 1 heterocycles. The highest BCUT2D eigenvalue weighted by atomic mass is 16.4. The van der Waals surface area contributed by atoms with E-state index in [4.69, 9.17) is 4.42 Å². The number of unbranched alkanes of at least 4 members (excludes halogenated alkanes) is 3. The molecule has 19 heavy (non-hydrogen) atoms. The Hall–Kier alpha value is -1.77. The Bertz CT molecular complexity index is 539. The van der Waals surface area contributed by atoms with E-state index in [1.165, 1.54) is 19.3 Å². The molecule has 3 nitrogen and oxygen atoms in total. The molecule has 2 aromatic rings. The molecule has 0 aliphatic heterocycles. The van der Waals surface area contributed by atoms with Crippen LogP contribution in [0, 0.1) is 0 Å². The fourth-order valence-electron chi connectivity index (χ4n) is 2.16. The SMILES string of the molecule is CCCCCCc1cn(Cc2ccccc2)c(=O)o1. The minimum Gasteiger partial charge on any atom is -0.413 e. The van der Waals surface area contributed by atoms with Crippen molar-refractivity contribution in [1.82, 2.24) is 4.57 Å². The van der Waals surface area contributed by atoms with Crippen molar-refractivity contribution < 1.29 is 4.42 Å². The van der Waals surface area contributed by atoms with Gasteiger partial charge in [-0.15, -0.1) is 0 Å². The van der Waals surface area contributed by atoms with Gasteiger partial charge in [-0.05, 0) is 12.0 Å². The fraction of sp³-hybridized carbons (Fsp3) is 0.438. The predicted octanol–water partition coefficient (Wildman–Crippen LogP) is 3.61. The van der Waals surface area contributed by atoms with Crippen molar-refractivity contribution in [2.24, 2.45) is 0 Å². The maximum absolute atomic E-state index is 11.7. The summed E-state index contributed by atoms with van der Waals surface area (Å²) < 4.78 is 6.92. The number of oxazole rings is 1. The lowest BCUT2D eigenvalue weighted by Gasteiger charge is -1.99. The molecule has 0 aliphatic carbocycles. The molecular weight excluding hydrogens is 238 g/mol. The molecule has 0 amide bonds. The normalized spacial score (nSPS) is 10.8. The number of rotatable bonds is 7. The molecule has 102 valence electrons. The molecule has 0 fully saturated rings. The van der Waals surface area contributed by atoms with E-state index in [1.807, 2.05) is 36.5 Å². The molecule has 0 bridgehead atoms. The molecule has 0 spiro atoms. The molecule has 0 N–H and O–H groups in total. The third-order valence-corrected chi connectivity index (χ3v) is 3.23. The first-order valence-electron chi connectivity index (χ1n) is 7.02. The highest BCUT2D eigenvalue weighted by Crippen LogP contribution is 2.08. The lowest BCUT2D eigenvalue weighted by Crippen LogP contribution is -2.13. The highest BCUT2D eigenvalue weighted by molar-refractivity contribution is 5.15. The first-order valence-corrected chi connectivity index (χ1v) is 7.02. The first-order chi connectivity index (χ1) is 9.29. The van der Waals surface area contributed by atoms with E-state index < -0.39 is 0 Å². The summed E-state index contributed by atoms with van der Waals surface area (Å²) in [5.41, 5.74) is 1.11. The molecule has 0 atom stereocenters. The van der Waals surface area contributed by atoms with Crippen LogP contribution in [0.5, 0.6) is 0 Å². The van der Waals surface area contributed by atoms with Gasteiger partial charge in [0.05, 0.1) is 6.54 Å². The van der Waals surface area contributed by atoms with Crippen molar-refractivity contribution in [1.29, 1.82) is 0 Å². The van der Waals surface area contributed by atoms with Gasteiger partial charge < -0.3 is 4.42 Å². The minimum absolute atomic E-state index is 0.255. The van der Waals surface area contributed by atoms with Gasteiger partial charge in [-0.3, -0.25) is 4.57 Å². The Balaban J connectivity index is 1.95. The van der Waals surface area contributed by atoms with Crippen LogP contribution < -0.4 is 5.76 Å². The van der Waals surface area contributed by atoms with E-state index in [9.17, 15) is 4.79 Å². The standard InChI is InChI=1S/C16H21NO2/c1-2-3-4-8-11-15-13-17(16(18)19-15)12-14-9-6-5-7-10-14/h5-7,9-10,13H,2-4,8,11-12H2,1H3. The summed E-state index contributed by atoms with van der Waals surface area (Å²) in [6, 6.07) is 9.96. The van der Waals surface area contributed by atoms with Gasteiger partial charge in [0, 0.05) is 12.6 Å². The average molecular weight is 259 g/mol. The number of hydrogen-bond acceptors (Lipinski definition) is 2. The molecule has 0 unspecified atom stereocenters. The van der Waals surface area contributed by atoms with Gasteiger partial charge in [0.1, 0.15) is 5.76 Å². The lowest BCUT2D eigenvalue weighted by molar-refractivity contribution is 0.443. The van der Waals surface area contributed by atoms with Gasteiger partial charge in [0.2, 0.25) is 0 Å². The molecule has 2 rings (SSSR count). The predicted molar refractivity (Wildman–Crippen MR) is 76.4 cm³/mol. The third kappa shape index (κ3) is 4.12. The number of nitrogens with zero attached hydrogens (tertiary/aromatic N) is 1. The highest BCUT2D eigenvalue weighted by Gasteiger charge is 2.06. The molecule has 3 heteroatoms. The van der Waals surface area contributed by atoms with Crippen molar-refractivity contribution >= 4 is 0 Å². The monoisotopic (exact) mass is 259 g/mol. The van der Waals surface area contributed by atoms with Gasteiger partial charge in [-0.25, -0.2) is 4.79 Å².